The number of rotatable bonds is 3. The van der Waals surface area contributed by atoms with Gasteiger partial charge in [0.2, 0.25) is 0 Å². The topological polar surface area (TPSA) is 55.1 Å². The van der Waals surface area contributed by atoms with E-state index in [2.05, 4.69) is 10.3 Å². The molecular weight excluding hydrogens is 276 g/mol. The molecule has 0 spiro atoms. The van der Waals surface area contributed by atoms with E-state index in [1.165, 1.54) is 6.92 Å². The summed E-state index contributed by atoms with van der Waals surface area (Å²) in [7, 11) is 0. The Morgan fingerprint density at radius 2 is 2.00 bits per heavy atom. The van der Waals surface area contributed by atoms with Crippen LogP contribution in [-0.4, -0.2) is 10.8 Å². The monoisotopic (exact) mass is 286 g/mol. The first-order chi connectivity index (χ1) is 9.65. The van der Waals surface area contributed by atoms with Gasteiger partial charge in [0, 0.05) is 29.2 Å². The largest absolute Gasteiger partial charge is 0.449 e. The molecule has 5 heteroatoms. The van der Waals surface area contributed by atoms with E-state index in [1.807, 2.05) is 18.2 Å². The molecule has 0 aliphatic heterocycles. The van der Waals surface area contributed by atoms with Crippen LogP contribution in [0.3, 0.4) is 0 Å². The van der Waals surface area contributed by atoms with Crippen molar-refractivity contribution < 1.29 is 9.21 Å². The average Bonchev–Trinajstić information content (AvgIpc) is 2.81. The molecule has 4 nitrogen and oxygen atoms in total. The highest BCUT2D eigenvalue weighted by molar-refractivity contribution is 6.30. The molecule has 1 aromatic carbocycles. The Labute approximate surface area is 120 Å². The van der Waals surface area contributed by atoms with Gasteiger partial charge in [0.05, 0.1) is 11.9 Å². The zero-order valence-corrected chi connectivity index (χ0v) is 11.4. The molecule has 2 aromatic heterocycles. The first-order valence-electron chi connectivity index (χ1n) is 6.05. The lowest BCUT2D eigenvalue weighted by molar-refractivity contribution is 0.0990. The van der Waals surface area contributed by atoms with Gasteiger partial charge >= 0.3 is 0 Å². The van der Waals surface area contributed by atoms with Crippen LogP contribution in [0.2, 0.25) is 5.02 Å². The fourth-order valence-electron chi connectivity index (χ4n) is 2.00. The average molecular weight is 287 g/mol. The van der Waals surface area contributed by atoms with Crippen molar-refractivity contribution in [2.75, 3.05) is 5.32 Å². The van der Waals surface area contributed by atoms with Crippen LogP contribution in [0.5, 0.6) is 0 Å². The van der Waals surface area contributed by atoms with Crippen LogP contribution < -0.4 is 5.32 Å². The minimum Gasteiger partial charge on any atom is -0.449 e. The van der Waals surface area contributed by atoms with E-state index in [9.17, 15) is 4.79 Å². The van der Waals surface area contributed by atoms with Crippen molar-refractivity contribution >= 4 is 39.7 Å². The van der Waals surface area contributed by atoms with Crippen LogP contribution >= 0.6 is 11.6 Å². The minimum atomic E-state index is -0.141. The third kappa shape index (κ3) is 2.26. The van der Waals surface area contributed by atoms with Crippen molar-refractivity contribution in [3.63, 3.8) is 0 Å². The van der Waals surface area contributed by atoms with Crippen molar-refractivity contribution in [3.8, 4) is 0 Å². The fraction of sp³-hybridized carbons (Fsp3) is 0.0667. The number of pyridine rings is 1. The summed E-state index contributed by atoms with van der Waals surface area (Å²) in [5, 5.41) is 4.68. The Morgan fingerprint density at radius 3 is 2.70 bits per heavy atom. The van der Waals surface area contributed by atoms with Crippen LogP contribution in [0.4, 0.5) is 11.4 Å². The van der Waals surface area contributed by atoms with Gasteiger partial charge in [-0.15, -0.1) is 0 Å². The normalized spacial score (nSPS) is 10.7. The van der Waals surface area contributed by atoms with E-state index in [-0.39, 0.29) is 5.78 Å². The number of nitrogens with one attached hydrogen (secondary N) is 1. The van der Waals surface area contributed by atoms with Gasteiger partial charge in [-0.25, -0.2) is 0 Å². The van der Waals surface area contributed by atoms with Crippen molar-refractivity contribution in [1.29, 1.82) is 0 Å². The Balaban J connectivity index is 2.11. The number of anilines is 2. The van der Waals surface area contributed by atoms with Crippen molar-refractivity contribution in [2.24, 2.45) is 0 Å². The lowest BCUT2D eigenvalue weighted by Gasteiger charge is -2.06. The molecule has 3 aromatic rings. The minimum absolute atomic E-state index is 0.141. The summed E-state index contributed by atoms with van der Waals surface area (Å²) >= 11 is 5.86. The number of Topliss-reactive ketones (excluding diaryl/α,β-unsaturated/α-hetero) is 1. The highest BCUT2D eigenvalue weighted by Gasteiger charge is 2.17. The SMILES string of the molecule is CC(=O)c1oc2cnccc2c1Nc1ccc(Cl)cc1. The molecule has 2 heterocycles. The van der Waals surface area contributed by atoms with Gasteiger partial charge in [0.1, 0.15) is 0 Å². The molecule has 0 radical (unpaired) electrons. The van der Waals surface area contributed by atoms with E-state index in [1.54, 1.807) is 24.5 Å². The quantitative estimate of drug-likeness (QED) is 0.724. The van der Waals surface area contributed by atoms with Gasteiger partial charge in [-0.1, -0.05) is 11.6 Å². The molecule has 0 aliphatic rings. The lowest BCUT2D eigenvalue weighted by Crippen LogP contribution is -1.97. The van der Waals surface area contributed by atoms with E-state index < -0.39 is 0 Å². The van der Waals surface area contributed by atoms with E-state index in [0.717, 1.165) is 11.1 Å². The molecule has 0 amide bonds. The van der Waals surface area contributed by atoms with Crippen molar-refractivity contribution in [3.05, 3.63) is 53.5 Å². The number of hydrogen-bond donors (Lipinski definition) is 1. The third-order valence-electron chi connectivity index (χ3n) is 2.93. The number of ketones is 1. The summed E-state index contributed by atoms with van der Waals surface area (Å²) in [4.78, 5) is 15.7. The Hall–Kier alpha value is -2.33. The maximum absolute atomic E-state index is 11.7. The zero-order chi connectivity index (χ0) is 14.1. The second-order valence-corrected chi connectivity index (χ2v) is 4.80. The Kier molecular flexibility index (Phi) is 3.16. The molecule has 0 saturated carbocycles. The Bertz CT molecular complexity index is 778. The number of nitrogens with zero attached hydrogens (tertiary/aromatic N) is 1. The highest BCUT2D eigenvalue weighted by Crippen LogP contribution is 2.33. The van der Waals surface area contributed by atoms with Gasteiger partial charge in [-0.2, -0.15) is 0 Å². The van der Waals surface area contributed by atoms with Crippen molar-refractivity contribution in [1.82, 2.24) is 4.98 Å². The number of hydrogen-bond acceptors (Lipinski definition) is 4. The molecule has 0 atom stereocenters. The lowest BCUT2D eigenvalue weighted by atomic mass is 10.2. The predicted molar refractivity (Wildman–Crippen MR) is 78.7 cm³/mol. The zero-order valence-electron chi connectivity index (χ0n) is 10.7. The second-order valence-electron chi connectivity index (χ2n) is 4.37. The number of carbonyl (C=O) groups is 1. The van der Waals surface area contributed by atoms with E-state index >= 15 is 0 Å². The molecular formula is C15H11ClN2O2. The second kappa shape index (κ2) is 4.98. The summed E-state index contributed by atoms with van der Waals surface area (Å²) in [5.41, 5.74) is 2.06. The van der Waals surface area contributed by atoms with E-state index in [4.69, 9.17) is 16.0 Å². The van der Waals surface area contributed by atoms with Gasteiger partial charge in [0.15, 0.2) is 17.1 Å². The standard InChI is InChI=1S/C15H11ClN2O2/c1-9(19)15-14(12-6-7-17-8-13(12)20-15)18-11-4-2-10(16)3-5-11/h2-8,18H,1H3. The predicted octanol–water partition coefficient (Wildman–Crippen LogP) is 4.43. The molecule has 100 valence electrons. The molecule has 0 unspecified atom stereocenters. The fourth-order valence-corrected chi connectivity index (χ4v) is 2.13. The molecule has 3 rings (SSSR count). The first-order valence-corrected chi connectivity index (χ1v) is 6.43. The number of furan rings is 1. The van der Waals surface area contributed by atoms with Gasteiger partial charge in [0.25, 0.3) is 0 Å². The van der Waals surface area contributed by atoms with Crippen LogP contribution in [0.15, 0.2) is 47.1 Å². The number of aromatic nitrogens is 1. The summed E-state index contributed by atoms with van der Waals surface area (Å²) < 4.78 is 5.56. The maximum atomic E-state index is 11.7. The maximum Gasteiger partial charge on any atom is 0.197 e. The molecule has 20 heavy (non-hydrogen) atoms. The Morgan fingerprint density at radius 1 is 1.25 bits per heavy atom. The molecule has 0 aliphatic carbocycles. The van der Waals surface area contributed by atoms with Gasteiger partial charge in [-0.3, -0.25) is 9.78 Å². The molecule has 1 N–H and O–H groups in total. The summed E-state index contributed by atoms with van der Waals surface area (Å²) in [5.74, 6) is 0.153. The third-order valence-corrected chi connectivity index (χ3v) is 3.18. The number of carbonyl (C=O) groups excluding carboxylic acids is 1. The summed E-state index contributed by atoms with van der Waals surface area (Å²) in [6, 6.07) is 9.05. The molecule has 0 saturated heterocycles. The van der Waals surface area contributed by atoms with Gasteiger partial charge < -0.3 is 9.73 Å². The first kappa shape index (κ1) is 12.7. The summed E-state index contributed by atoms with van der Waals surface area (Å²) in [6.07, 6.45) is 3.25. The molecule has 0 bridgehead atoms. The van der Waals surface area contributed by atoms with E-state index in [0.29, 0.717) is 22.1 Å². The van der Waals surface area contributed by atoms with Crippen LogP contribution in [0.25, 0.3) is 11.0 Å². The number of fused-ring (bicyclic) bond motifs is 1. The van der Waals surface area contributed by atoms with Gasteiger partial charge in [-0.05, 0) is 30.3 Å². The smallest absolute Gasteiger partial charge is 0.197 e. The number of halogens is 1. The number of benzene rings is 1. The highest BCUT2D eigenvalue weighted by atomic mass is 35.5. The van der Waals surface area contributed by atoms with Crippen LogP contribution in [-0.2, 0) is 0 Å². The summed E-state index contributed by atoms with van der Waals surface area (Å²) in [6.45, 7) is 1.47. The molecule has 0 fully saturated rings. The van der Waals surface area contributed by atoms with Crippen LogP contribution in [0.1, 0.15) is 17.5 Å². The van der Waals surface area contributed by atoms with Crippen LogP contribution in [0, 0.1) is 0 Å². The van der Waals surface area contributed by atoms with Crippen molar-refractivity contribution in [2.45, 2.75) is 6.92 Å².